The Hall–Kier alpha value is -4.05. The lowest BCUT2D eigenvalue weighted by atomic mass is 10.0. The molecule has 2 atom stereocenters. The standard InChI is InChI=1S/C35H40N4O4S/c1-2-36-25-27-16-14-26(15-17-27)22-33(35(41)39-20-8-9-21-39)37-34(40)24-32(29-11-4-3-5-12-29)38-44(42,43)31-19-18-28-10-6-7-13-30(28)23-31/h3-7,10-19,23,32-33,36,38H,2,8-9,20-22,24-25H2,1H3,(H,37,40). The molecule has 9 heteroatoms. The zero-order chi connectivity index (χ0) is 30.9. The molecule has 1 heterocycles. The number of carbonyl (C=O) groups excluding carboxylic acids is 2. The Morgan fingerprint density at radius 3 is 2.18 bits per heavy atom. The molecule has 1 aliphatic heterocycles. The third-order valence-corrected chi connectivity index (χ3v) is 9.48. The van der Waals surface area contributed by atoms with Crippen LogP contribution in [0.4, 0.5) is 0 Å². The van der Waals surface area contributed by atoms with E-state index >= 15 is 0 Å². The fourth-order valence-corrected chi connectivity index (χ4v) is 6.86. The minimum atomic E-state index is -3.97. The Bertz CT molecular complexity index is 1670. The van der Waals surface area contributed by atoms with Crippen molar-refractivity contribution in [3.63, 3.8) is 0 Å². The average Bonchev–Trinajstić information content (AvgIpc) is 3.59. The van der Waals surface area contributed by atoms with Gasteiger partial charge < -0.3 is 15.5 Å². The van der Waals surface area contributed by atoms with Crippen LogP contribution in [0.15, 0.2) is 102 Å². The molecule has 4 aromatic carbocycles. The molecule has 44 heavy (non-hydrogen) atoms. The first-order chi connectivity index (χ1) is 21.3. The van der Waals surface area contributed by atoms with Gasteiger partial charge in [0.25, 0.3) is 0 Å². The lowest BCUT2D eigenvalue weighted by Gasteiger charge is -2.25. The summed E-state index contributed by atoms with van der Waals surface area (Å²) in [6, 6.07) is 28.0. The summed E-state index contributed by atoms with van der Waals surface area (Å²) in [5, 5.41) is 8.01. The molecule has 1 saturated heterocycles. The van der Waals surface area contributed by atoms with Gasteiger partial charge in [-0.1, -0.05) is 91.9 Å². The van der Waals surface area contributed by atoms with Gasteiger partial charge in [0, 0.05) is 32.5 Å². The highest BCUT2D eigenvalue weighted by molar-refractivity contribution is 7.89. The van der Waals surface area contributed by atoms with Crippen LogP contribution in [0.5, 0.6) is 0 Å². The molecule has 0 aromatic heterocycles. The molecule has 0 radical (unpaired) electrons. The van der Waals surface area contributed by atoms with E-state index in [1.807, 2.05) is 71.6 Å². The van der Waals surface area contributed by atoms with Crippen molar-refractivity contribution in [3.05, 3.63) is 114 Å². The van der Waals surface area contributed by atoms with Crippen LogP contribution in [-0.2, 0) is 32.6 Å². The largest absolute Gasteiger partial charge is 0.344 e. The van der Waals surface area contributed by atoms with E-state index in [9.17, 15) is 18.0 Å². The van der Waals surface area contributed by atoms with Crippen LogP contribution in [0.3, 0.4) is 0 Å². The Morgan fingerprint density at radius 2 is 1.48 bits per heavy atom. The summed E-state index contributed by atoms with van der Waals surface area (Å²) in [5.74, 6) is -0.512. The van der Waals surface area contributed by atoms with E-state index in [4.69, 9.17) is 0 Å². The Kier molecular flexibility index (Phi) is 10.4. The predicted octanol–water partition coefficient (Wildman–Crippen LogP) is 4.71. The molecular weight excluding hydrogens is 572 g/mol. The lowest BCUT2D eigenvalue weighted by molar-refractivity contribution is -0.135. The van der Waals surface area contributed by atoms with Gasteiger partial charge in [0.2, 0.25) is 21.8 Å². The number of nitrogens with zero attached hydrogens (tertiary/aromatic N) is 1. The van der Waals surface area contributed by atoms with Gasteiger partial charge in [-0.15, -0.1) is 0 Å². The molecule has 1 aliphatic rings. The van der Waals surface area contributed by atoms with Crippen LogP contribution in [0.1, 0.15) is 48.9 Å². The Balaban J connectivity index is 1.34. The molecule has 0 saturated carbocycles. The molecule has 2 unspecified atom stereocenters. The number of benzene rings is 4. The molecule has 1 fully saturated rings. The summed E-state index contributed by atoms with van der Waals surface area (Å²) in [6.45, 7) is 5.04. The van der Waals surface area contributed by atoms with Crippen molar-refractivity contribution in [1.82, 2.24) is 20.3 Å². The Labute approximate surface area is 259 Å². The molecule has 4 aromatic rings. The normalized spacial score (nSPS) is 14.8. The van der Waals surface area contributed by atoms with Crippen LogP contribution < -0.4 is 15.4 Å². The maximum Gasteiger partial charge on any atom is 0.245 e. The second-order valence-electron chi connectivity index (χ2n) is 11.3. The molecule has 2 amide bonds. The minimum Gasteiger partial charge on any atom is -0.344 e. The first-order valence-corrected chi connectivity index (χ1v) is 16.7. The van der Waals surface area contributed by atoms with Gasteiger partial charge in [0.1, 0.15) is 6.04 Å². The van der Waals surface area contributed by atoms with Crippen LogP contribution >= 0.6 is 0 Å². The summed E-state index contributed by atoms with van der Waals surface area (Å²) in [5.41, 5.74) is 2.75. The number of carbonyl (C=O) groups is 2. The number of nitrogens with one attached hydrogen (secondary N) is 3. The van der Waals surface area contributed by atoms with Crippen LogP contribution in [0.2, 0.25) is 0 Å². The molecule has 230 valence electrons. The van der Waals surface area contributed by atoms with Gasteiger partial charge in [-0.2, -0.15) is 0 Å². The smallest absolute Gasteiger partial charge is 0.245 e. The first kappa shape index (κ1) is 31.4. The van der Waals surface area contributed by atoms with Crippen LogP contribution in [0, 0.1) is 0 Å². The van der Waals surface area contributed by atoms with E-state index in [1.54, 1.807) is 30.3 Å². The number of likely N-dealkylation sites (tertiary alicyclic amines) is 1. The Morgan fingerprint density at radius 1 is 0.818 bits per heavy atom. The molecule has 0 aliphatic carbocycles. The molecule has 8 nitrogen and oxygen atoms in total. The van der Waals surface area contributed by atoms with Crippen molar-refractivity contribution >= 4 is 32.6 Å². The van der Waals surface area contributed by atoms with Gasteiger partial charge in [-0.05, 0) is 59.0 Å². The zero-order valence-corrected chi connectivity index (χ0v) is 25.9. The first-order valence-electron chi connectivity index (χ1n) is 15.2. The molecule has 0 bridgehead atoms. The van der Waals surface area contributed by atoms with E-state index in [0.29, 0.717) is 25.1 Å². The zero-order valence-electron chi connectivity index (χ0n) is 25.0. The van der Waals surface area contributed by atoms with Gasteiger partial charge in [-0.3, -0.25) is 9.59 Å². The van der Waals surface area contributed by atoms with Crippen molar-refractivity contribution in [3.8, 4) is 0 Å². The summed E-state index contributed by atoms with van der Waals surface area (Å²) < 4.78 is 29.9. The number of fused-ring (bicyclic) bond motifs is 1. The lowest BCUT2D eigenvalue weighted by Crippen LogP contribution is -2.49. The topological polar surface area (TPSA) is 108 Å². The summed E-state index contributed by atoms with van der Waals surface area (Å²) in [4.78, 5) is 29.1. The number of hydrogen-bond donors (Lipinski definition) is 3. The van der Waals surface area contributed by atoms with Crippen molar-refractivity contribution in [2.45, 2.75) is 56.1 Å². The van der Waals surface area contributed by atoms with Crippen molar-refractivity contribution in [2.75, 3.05) is 19.6 Å². The third-order valence-electron chi connectivity index (χ3n) is 8.01. The van der Waals surface area contributed by atoms with Gasteiger partial charge in [0.05, 0.1) is 10.9 Å². The highest BCUT2D eigenvalue weighted by atomic mass is 32.2. The fraction of sp³-hybridized carbons (Fsp3) is 0.314. The van der Waals surface area contributed by atoms with Crippen molar-refractivity contribution in [2.24, 2.45) is 0 Å². The number of amides is 2. The second kappa shape index (κ2) is 14.6. The van der Waals surface area contributed by atoms with Crippen LogP contribution in [0.25, 0.3) is 10.8 Å². The number of hydrogen-bond acceptors (Lipinski definition) is 5. The average molecular weight is 613 g/mol. The highest BCUT2D eigenvalue weighted by Crippen LogP contribution is 2.24. The molecular formula is C35H40N4O4S. The fourth-order valence-electron chi connectivity index (χ4n) is 5.60. The van der Waals surface area contributed by atoms with E-state index in [1.165, 1.54) is 0 Å². The maximum atomic E-state index is 13.6. The predicted molar refractivity (Wildman–Crippen MR) is 173 cm³/mol. The van der Waals surface area contributed by atoms with Gasteiger partial charge in [0.15, 0.2) is 0 Å². The van der Waals surface area contributed by atoms with E-state index in [0.717, 1.165) is 47.8 Å². The number of rotatable bonds is 13. The minimum absolute atomic E-state index is 0.111. The molecule has 0 spiro atoms. The quantitative estimate of drug-likeness (QED) is 0.203. The third kappa shape index (κ3) is 8.11. The van der Waals surface area contributed by atoms with E-state index in [2.05, 4.69) is 22.3 Å². The van der Waals surface area contributed by atoms with Crippen LogP contribution in [-0.4, -0.2) is 50.8 Å². The summed E-state index contributed by atoms with van der Waals surface area (Å²) in [7, 11) is -3.97. The van der Waals surface area contributed by atoms with E-state index in [-0.39, 0.29) is 17.2 Å². The highest BCUT2D eigenvalue weighted by Gasteiger charge is 2.30. The van der Waals surface area contributed by atoms with Crippen molar-refractivity contribution < 1.29 is 18.0 Å². The monoisotopic (exact) mass is 612 g/mol. The molecule has 3 N–H and O–H groups in total. The summed E-state index contributed by atoms with van der Waals surface area (Å²) in [6.07, 6.45) is 2.07. The van der Waals surface area contributed by atoms with Gasteiger partial charge >= 0.3 is 0 Å². The number of sulfonamides is 1. The van der Waals surface area contributed by atoms with Gasteiger partial charge in [-0.25, -0.2) is 13.1 Å². The van der Waals surface area contributed by atoms with E-state index < -0.39 is 28.0 Å². The SMILES string of the molecule is CCNCc1ccc(CC(NC(=O)CC(NS(=O)(=O)c2ccc3ccccc3c2)c2ccccc2)C(=O)N2CCCC2)cc1. The molecule has 5 rings (SSSR count). The second-order valence-corrected chi connectivity index (χ2v) is 13.0. The summed E-state index contributed by atoms with van der Waals surface area (Å²) >= 11 is 0. The van der Waals surface area contributed by atoms with Crippen molar-refractivity contribution in [1.29, 1.82) is 0 Å². The maximum absolute atomic E-state index is 13.6.